The molecule has 20 heavy (non-hydrogen) atoms. The number of halogens is 2. The lowest BCUT2D eigenvalue weighted by Crippen LogP contribution is -2.44. The lowest BCUT2D eigenvalue weighted by atomic mass is 9.86. The Bertz CT molecular complexity index is 450. The predicted octanol–water partition coefficient (Wildman–Crippen LogP) is 4.13. The molecule has 0 heterocycles. The Labute approximate surface area is 120 Å². The van der Waals surface area contributed by atoms with Gasteiger partial charge in [-0.25, -0.2) is 8.78 Å². The molecule has 0 saturated heterocycles. The third-order valence-electron chi connectivity index (χ3n) is 3.80. The number of aryl methyl sites for hydroxylation is 1. The van der Waals surface area contributed by atoms with E-state index in [9.17, 15) is 8.78 Å². The molecule has 114 valence electrons. The van der Waals surface area contributed by atoms with Crippen molar-refractivity contribution in [2.75, 3.05) is 13.2 Å². The van der Waals surface area contributed by atoms with E-state index in [2.05, 4.69) is 5.32 Å². The average Bonchev–Trinajstić information content (AvgIpc) is 2.42. The van der Waals surface area contributed by atoms with E-state index in [1.54, 1.807) is 6.92 Å². The van der Waals surface area contributed by atoms with Crippen LogP contribution in [-0.2, 0) is 4.74 Å². The van der Waals surface area contributed by atoms with Crippen LogP contribution in [0.3, 0.4) is 0 Å². The van der Waals surface area contributed by atoms with Crippen molar-refractivity contribution < 1.29 is 13.5 Å². The molecule has 0 aliphatic carbocycles. The Morgan fingerprint density at radius 2 is 1.90 bits per heavy atom. The predicted molar refractivity (Wildman–Crippen MR) is 77.8 cm³/mol. The second kappa shape index (κ2) is 7.14. The van der Waals surface area contributed by atoms with Gasteiger partial charge in [0, 0.05) is 12.2 Å². The summed E-state index contributed by atoms with van der Waals surface area (Å²) in [6.07, 6.45) is 0.658. The van der Waals surface area contributed by atoms with E-state index in [0.29, 0.717) is 25.1 Å². The highest BCUT2D eigenvalue weighted by Crippen LogP contribution is 2.35. The van der Waals surface area contributed by atoms with Gasteiger partial charge in [0.15, 0.2) is 0 Å². The van der Waals surface area contributed by atoms with Crippen molar-refractivity contribution in [2.24, 2.45) is 0 Å². The van der Waals surface area contributed by atoms with Gasteiger partial charge in [-0.2, -0.15) is 0 Å². The summed E-state index contributed by atoms with van der Waals surface area (Å²) in [5.74, 6) is -1.02. The number of hydrogen-bond acceptors (Lipinski definition) is 2. The normalized spacial score (nSPS) is 15.9. The van der Waals surface area contributed by atoms with E-state index in [-0.39, 0.29) is 5.56 Å². The first-order chi connectivity index (χ1) is 9.41. The number of hydrogen-bond donors (Lipinski definition) is 1. The van der Waals surface area contributed by atoms with Crippen molar-refractivity contribution in [3.63, 3.8) is 0 Å². The molecule has 2 nitrogen and oxygen atoms in total. The summed E-state index contributed by atoms with van der Waals surface area (Å²) in [4.78, 5) is 0. The van der Waals surface area contributed by atoms with Crippen LogP contribution in [0.1, 0.15) is 51.3 Å². The molecule has 1 aromatic carbocycles. The second-order valence-electron chi connectivity index (χ2n) is 5.18. The molecule has 0 aliphatic rings. The number of ether oxygens (including phenoxy) is 1. The van der Waals surface area contributed by atoms with E-state index in [4.69, 9.17) is 4.74 Å². The fourth-order valence-corrected chi connectivity index (χ4v) is 2.49. The SMILES string of the molecule is CCNC(c1c(F)ccc(C)c1F)C(C)(CC)OCC. The van der Waals surface area contributed by atoms with Crippen LogP contribution in [-0.4, -0.2) is 18.8 Å². The molecule has 1 aromatic rings. The molecule has 1 N–H and O–H groups in total. The summed E-state index contributed by atoms with van der Waals surface area (Å²) in [6, 6.07) is 2.26. The van der Waals surface area contributed by atoms with E-state index < -0.39 is 23.3 Å². The molecular weight excluding hydrogens is 260 g/mol. The molecule has 0 spiro atoms. The molecule has 0 aromatic heterocycles. The summed E-state index contributed by atoms with van der Waals surface area (Å²) in [5, 5.41) is 3.18. The monoisotopic (exact) mass is 285 g/mol. The Morgan fingerprint density at radius 1 is 1.25 bits per heavy atom. The van der Waals surface area contributed by atoms with E-state index in [1.165, 1.54) is 12.1 Å². The van der Waals surface area contributed by atoms with Gasteiger partial charge in [-0.3, -0.25) is 0 Å². The van der Waals surface area contributed by atoms with Crippen molar-refractivity contribution in [2.45, 2.75) is 52.7 Å². The lowest BCUT2D eigenvalue weighted by molar-refractivity contribution is -0.0575. The zero-order chi connectivity index (χ0) is 15.3. The molecule has 2 atom stereocenters. The van der Waals surface area contributed by atoms with Gasteiger partial charge in [-0.05, 0) is 45.4 Å². The van der Waals surface area contributed by atoms with Crippen molar-refractivity contribution in [3.05, 3.63) is 34.9 Å². The molecule has 0 radical (unpaired) electrons. The lowest BCUT2D eigenvalue weighted by Gasteiger charge is -2.38. The van der Waals surface area contributed by atoms with Crippen LogP contribution >= 0.6 is 0 Å². The Balaban J connectivity index is 3.37. The first-order valence-electron chi connectivity index (χ1n) is 7.23. The van der Waals surface area contributed by atoms with Crippen molar-refractivity contribution in [1.29, 1.82) is 0 Å². The van der Waals surface area contributed by atoms with Gasteiger partial charge in [0.25, 0.3) is 0 Å². The minimum Gasteiger partial charge on any atom is -0.374 e. The van der Waals surface area contributed by atoms with E-state index >= 15 is 0 Å². The van der Waals surface area contributed by atoms with Crippen molar-refractivity contribution in [3.8, 4) is 0 Å². The average molecular weight is 285 g/mol. The maximum absolute atomic E-state index is 14.4. The molecular formula is C16H25F2NO. The molecule has 4 heteroatoms. The number of benzene rings is 1. The van der Waals surface area contributed by atoms with Gasteiger partial charge in [-0.1, -0.05) is 19.9 Å². The molecule has 2 unspecified atom stereocenters. The molecule has 0 amide bonds. The highest BCUT2D eigenvalue weighted by Gasteiger charge is 2.37. The maximum atomic E-state index is 14.4. The Hall–Kier alpha value is -1.00. The topological polar surface area (TPSA) is 21.3 Å². The first kappa shape index (κ1) is 17.1. The zero-order valence-corrected chi connectivity index (χ0v) is 13.0. The van der Waals surface area contributed by atoms with Crippen LogP contribution in [0.4, 0.5) is 8.78 Å². The smallest absolute Gasteiger partial charge is 0.133 e. The van der Waals surface area contributed by atoms with Gasteiger partial charge >= 0.3 is 0 Å². The number of nitrogens with one attached hydrogen (secondary N) is 1. The fourth-order valence-electron chi connectivity index (χ4n) is 2.49. The van der Waals surface area contributed by atoms with Gasteiger partial charge in [0.2, 0.25) is 0 Å². The van der Waals surface area contributed by atoms with E-state index in [1.807, 2.05) is 27.7 Å². The summed E-state index contributed by atoms with van der Waals surface area (Å²) < 4.78 is 34.4. The van der Waals surface area contributed by atoms with Gasteiger partial charge in [0.1, 0.15) is 11.6 Å². The van der Waals surface area contributed by atoms with Gasteiger partial charge in [0.05, 0.1) is 11.6 Å². The molecule has 0 bridgehead atoms. The fraction of sp³-hybridized carbons (Fsp3) is 0.625. The Kier molecular flexibility index (Phi) is 6.08. The second-order valence-corrected chi connectivity index (χ2v) is 5.18. The zero-order valence-electron chi connectivity index (χ0n) is 13.0. The number of likely N-dealkylation sites (N-methyl/N-ethyl adjacent to an activating group) is 1. The van der Waals surface area contributed by atoms with E-state index in [0.717, 1.165) is 0 Å². The Morgan fingerprint density at radius 3 is 2.40 bits per heavy atom. The summed E-state index contributed by atoms with van der Waals surface area (Å²) >= 11 is 0. The minimum absolute atomic E-state index is 0.0738. The molecule has 0 aliphatic heterocycles. The molecule has 0 fully saturated rings. The maximum Gasteiger partial charge on any atom is 0.133 e. The van der Waals surface area contributed by atoms with Crippen LogP contribution < -0.4 is 5.32 Å². The van der Waals surface area contributed by atoms with Gasteiger partial charge in [-0.15, -0.1) is 0 Å². The van der Waals surface area contributed by atoms with Gasteiger partial charge < -0.3 is 10.1 Å². The largest absolute Gasteiger partial charge is 0.374 e. The van der Waals surface area contributed by atoms with Crippen LogP contribution in [0.15, 0.2) is 12.1 Å². The third-order valence-corrected chi connectivity index (χ3v) is 3.80. The molecule has 1 rings (SSSR count). The quantitative estimate of drug-likeness (QED) is 0.813. The standard InChI is InChI=1S/C16H25F2NO/c1-6-16(5,20-8-3)15(19-7-2)13-12(17)10-9-11(4)14(13)18/h9-10,15,19H,6-8H2,1-5H3. The van der Waals surface area contributed by atoms with Crippen LogP contribution in [0.25, 0.3) is 0 Å². The summed E-state index contributed by atoms with van der Waals surface area (Å²) in [7, 11) is 0. The highest BCUT2D eigenvalue weighted by molar-refractivity contribution is 5.31. The van der Waals surface area contributed by atoms with Crippen molar-refractivity contribution >= 4 is 0 Å². The summed E-state index contributed by atoms with van der Waals surface area (Å²) in [6.45, 7) is 10.4. The molecule has 0 saturated carbocycles. The summed E-state index contributed by atoms with van der Waals surface area (Å²) in [5.41, 5.74) is -0.135. The number of rotatable bonds is 7. The third kappa shape index (κ3) is 3.36. The van der Waals surface area contributed by atoms with Crippen molar-refractivity contribution in [1.82, 2.24) is 5.32 Å². The van der Waals surface area contributed by atoms with Crippen LogP contribution in [0, 0.1) is 18.6 Å². The van der Waals surface area contributed by atoms with Crippen LogP contribution in [0.5, 0.6) is 0 Å². The highest BCUT2D eigenvalue weighted by atomic mass is 19.1. The first-order valence-corrected chi connectivity index (χ1v) is 7.23. The minimum atomic E-state index is -0.653. The van der Waals surface area contributed by atoms with Crippen LogP contribution in [0.2, 0.25) is 0 Å².